The Hall–Kier alpha value is -1.80. The molecular weight excluding hydrogens is 562 g/mol. The van der Waals surface area contributed by atoms with E-state index in [0.29, 0.717) is 42.4 Å². The van der Waals surface area contributed by atoms with Crippen molar-refractivity contribution >= 4 is 80.8 Å². The lowest BCUT2D eigenvalue weighted by molar-refractivity contribution is 0.864. The number of aromatic nitrogens is 4. The van der Waals surface area contributed by atoms with Crippen LogP contribution >= 0.6 is 69.9 Å². The maximum absolute atomic E-state index is 6.61. The molecule has 0 amide bonds. The van der Waals surface area contributed by atoms with Crippen molar-refractivity contribution in [1.29, 1.82) is 0 Å². The Bertz CT molecular complexity index is 1510. The number of halogens is 4. The number of nitrogens with zero attached hydrogens (tertiary/aromatic N) is 4. The predicted molar refractivity (Wildman–Crippen MR) is 150 cm³/mol. The Balaban J connectivity index is 1.50. The second-order valence-electron chi connectivity index (χ2n) is 7.72. The molecule has 35 heavy (non-hydrogen) atoms. The molecule has 0 aliphatic carbocycles. The maximum Gasteiger partial charge on any atom is 0.196 e. The predicted octanol–water partition coefficient (Wildman–Crippen LogP) is 8.96. The topological polar surface area (TPSA) is 35.6 Å². The van der Waals surface area contributed by atoms with Gasteiger partial charge in [0, 0.05) is 34.8 Å². The molecule has 2 heterocycles. The van der Waals surface area contributed by atoms with Crippen LogP contribution in [0.15, 0.2) is 76.9 Å². The smallest absolute Gasteiger partial charge is 0.196 e. The SMILES string of the molecule is Cn1cc(SCc2nnc(SCc3cccc(Cl)c3Cl)n2-c2c(Cl)cccc2Cl)c2ccccc21. The summed E-state index contributed by atoms with van der Waals surface area (Å²) in [6, 6.07) is 19.4. The summed E-state index contributed by atoms with van der Waals surface area (Å²) in [5.41, 5.74) is 2.75. The third-order valence-corrected chi connectivity index (χ3v) is 8.95. The van der Waals surface area contributed by atoms with Gasteiger partial charge in [0.05, 0.1) is 31.5 Å². The minimum absolute atomic E-state index is 0.521. The largest absolute Gasteiger partial charge is 0.349 e. The Labute approximate surface area is 231 Å². The molecule has 0 bridgehead atoms. The zero-order chi connectivity index (χ0) is 24.5. The lowest BCUT2D eigenvalue weighted by Crippen LogP contribution is -2.04. The Kier molecular flexibility index (Phi) is 7.58. The third-order valence-electron chi connectivity index (χ3n) is 5.47. The molecule has 0 radical (unpaired) electrons. The monoisotopic (exact) mass is 578 g/mol. The van der Waals surface area contributed by atoms with Gasteiger partial charge in [0.15, 0.2) is 5.16 Å². The van der Waals surface area contributed by atoms with Gasteiger partial charge in [-0.1, -0.05) is 94.6 Å². The second-order valence-corrected chi connectivity index (χ2v) is 11.3. The van der Waals surface area contributed by atoms with E-state index in [9.17, 15) is 0 Å². The average molecular weight is 580 g/mol. The normalized spacial score (nSPS) is 11.5. The third kappa shape index (κ3) is 5.06. The van der Waals surface area contributed by atoms with Gasteiger partial charge < -0.3 is 4.57 Å². The summed E-state index contributed by atoms with van der Waals surface area (Å²) in [7, 11) is 2.05. The lowest BCUT2D eigenvalue weighted by Gasteiger charge is -2.14. The van der Waals surface area contributed by atoms with Crippen LogP contribution in [0.1, 0.15) is 11.4 Å². The van der Waals surface area contributed by atoms with Crippen LogP contribution in [-0.4, -0.2) is 19.3 Å². The Morgan fingerprint density at radius 2 is 1.49 bits per heavy atom. The van der Waals surface area contributed by atoms with E-state index in [1.807, 2.05) is 54.1 Å². The maximum atomic E-state index is 6.61. The molecule has 0 aliphatic rings. The first-order chi connectivity index (χ1) is 16.9. The van der Waals surface area contributed by atoms with E-state index in [4.69, 9.17) is 46.4 Å². The van der Waals surface area contributed by atoms with Gasteiger partial charge in [-0.3, -0.25) is 4.57 Å². The molecule has 0 aliphatic heterocycles. The number of hydrogen-bond donors (Lipinski definition) is 0. The van der Waals surface area contributed by atoms with Crippen molar-refractivity contribution in [2.24, 2.45) is 7.05 Å². The van der Waals surface area contributed by atoms with E-state index in [1.165, 1.54) is 27.6 Å². The van der Waals surface area contributed by atoms with E-state index in [-0.39, 0.29) is 0 Å². The van der Waals surface area contributed by atoms with Crippen LogP contribution in [0, 0.1) is 0 Å². The van der Waals surface area contributed by atoms with Crippen molar-refractivity contribution in [1.82, 2.24) is 19.3 Å². The van der Waals surface area contributed by atoms with Gasteiger partial charge in [-0.25, -0.2) is 0 Å². The van der Waals surface area contributed by atoms with Gasteiger partial charge in [-0.15, -0.1) is 22.0 Å². The number of aryl methyl sites for hydroxylation is 1. The van der Waals surface area contributed by atoms with Gasteiger partial charge in [0.2, 0.25) is 0 Å². The van der Waals surface area contributed by atoms with Crippen molar-refractivity contribution in [3.8, 4) is 5.69 Å². The summed E-state index contributed by atoms with van der Waals surface area (Å²) in [5, 5.41) is 13.0. The van der Waals surface area contributed by atoms with Crippen LogP contribution in [0.4, 0.5) is 0 Å². The molecule has 10 heteroatoms. The molecule has 0 unspecified atom stereocenters. The zero-order valence-corrected chi connectivity index (χ0v) is 23.0. The minimum atomic E-state index is 0.521. The fourth-order valence-electron chi connectivity index (χ4n) is 3.78. The highest BCUT2D eigenvalue weighted by Crippen LogP contribution is 2.37. The highest BCUT2D eigenvalue weighted by molar-refractivity contribution is 7.99. The first-order valence-electron chi connectivity index (χ1n) is 10.5. The summed E-state index contributed by atoms with van der Waals surface area (Å²) in [6.45, 7) is 0. The van der Waals surface area contributed by atoms with Crippen LogP contribution in [0.2, 0.25) is 20.1 Å². The van der Waals surface area contributed by atoms with E-state index >= 15 is 0 Å². The number of thioether (sulfide) groups is 2. The van der Waals surface area contributed by atoms with Crippen molar-refractivity contribution in [3.05, 3.63) is 98.3 Å². The van der Waals surface area contributed by atoms with Crippen molar-refractivity contribution < 1.29 is 0 Å². The molecule has 3 aromatic carbocycles. The molecule has 0 saturated heterocycles. The fraction of sp³-hybridized carbons (Fsp3) is 0.120. The van der Waals surface area contributed by atoms with E-state index in [0.717, 1.165) is 11.4 Å². The fourth-order valence-corrected chi connectivity index (χ4v) is 6.79. The standard InChI is InChI=1S/C25H18Cl4N4S2/c1-32-12-21(16-7-2-3-11-20(16)32)34-14-22-30-31-25(33(22)24-18(27)9-5-10-19(24)28)35-13-15-6-4-8-17(26)23(15)29/h2-12H,13-14H2,1H3. The minimum Gasteiger partial charge on any atom is -0.349 e. The van der Waals surface area contributed by atoms with Gasteiger partial charge in [0.25, 0.3) is 0 Å². The zero-order valence-electron chi connectivity index (χ0n) is 18.4. The summed E-state index contributed by atoms with van der Waals surface area (Å²) in [6.07, 6.45) is 2.13. The molecule has 2 aromatic heterocycles. The Morgan fingerprint density at radius 1 is 0.771 bits per heavy atom. The molecule has 0 saturated carbocycles. The summed E-state index contributed by atoms with van der Waals surface area (Å²) < 4.78 is 4.06. The molecular formula is C25H18Cl4N4S2. The molecule has 0 fully saturated rings. The number of rotatable bonds is 7. The van der Waals surface area contributed by atoms with Gasteiger partial charge in [-0.2, -0.15) is 0 Å². The van der Waals surface area contributed by atoms with Crippen LogP contribution in [-0.2, 0) is 18.6 Å². The van der Waals surface area contributed by atoms with Gasteiger partial charge in [0.1, 0.15) is 5.82 Å². The molecule has 178 valence electrons. The number of fused-ring (bicyclic) bond motifs is 1. The molecule has 4 nitrogen and oxygen atoms in total. The molecule has 0 spiro atoms. The van der Waals surface area contributed by atoms with Gasteiger partial charge >= 0.3 is 0 Å². The lowest BCUT2D eigenvalue weighted by atomic mass is 10.2. The van der Waals surface area contributed by atoms with E-state index in [2.05, 4.69) is 33.1 Å². The number of hydrogen-bond acceptors (Lipinski definition) is 4. The highest BCUT2D eigenvalue weighted by Gasteiger charge is 2.20. The molecule has 5 rings (SSSR count). The number of benzene rings is 3. The van der Waals surface area contributed by atoms with E-state index in [1.54, 1.807) is 17.8 Å². The van der Waals surface area contributed by atoms with Crippen LogP contribution in [0.5, 0.6) is 0 Å². The van der Waals surface area contributed by atoms with Crippen LogP contribution in [0.25, 0.3) is 16.6 Å². The van der Waals surface area contributed by atoms with Crippen molar-refractivity contribution in [2.75, 3.05) is 0 Å². The summed E-state index contributed by atoms with van der Waals surface area (Å²) in [4.78, 5) is 1.17. The summed E-state index contributed by atoms with van der Waals surface area (Å²) in [5.74, 6) is 1.90. The highest BCUT2D eigenvalue weighted by atomic mass is 35.5. The average Bonchev–Trinajstić information content (AvgIpc) is 3.39. The summed E-state index contributed by atoms with van der Waals surface area (Å²) >= 11 is 29.0. The molecule has 0 atom stereocenters. The van der Waals surface area contributed by atoms with Crippen molar-refractivity contribution in [3.63, 3.8) is 0 Å². The van der Waals surface area contributed by atoms with Gasteiger partial charge in [-0.05, 0) is 29.8 Å². The molecule has 0 N–H and O–H groups in total. The molecule has 5 aromatic rings. The van der Waals surface area contributed by atoms with E-state index < -0.39 is 0 Å². The first-order valence-corrected chi connectivity index (χ1v) is 14.0. The van der Waals surface area contributed by atoms with Crippen LogP contribution in [0.3, 0.4) is 0 Å². The van der Waals surface area contributed by atoms with Crippen molar-refractivity contribution in [2.45, 2.75) is 21.6 Å². The number of para-hydroxylation sites is 2. The second kappa shape index (κ2) is 10.7. The quantitative estimate of drug-likeness (QED) is 0.180. The Morgan fingerprint density at radius 3 is 2.29 bits per heavy atom. The van der Waals surface area contributed by atoms with Crippen LogP contribution < -0.4 is 0 Å². The first kappa shape index (κ1) is 24.9.